The molecule has 0 spiro atoms. The van der Waals surface area contributed by atoms with Crippen molar-refractivity contribution >= 4 is 27.3 Å². The molecule has 18 heavy (non-hydrogen) atoms. The van der Waals surface area contributed by atoms with Gasteiger partial charge in [-0.1, -0.05) is 38.1 Å². The van der Waals surface area contributed by atoms with Crippen LogP contribution in [0.3, 0.4) is 0 Å². The van der Waals surface area contributed by atoms with Gasteiger partial charge in [-0.2, -0.15) is 0 Å². The molecule has 1 aromatic heterocycles. The first kappa shape index (κ1) is 13.8. The third-order valence-electron chi connectivity index (χ3n) is 3.05. The van der Waals surface area contributed by atoms with Crippen LogP contribution in [0, 0.1) is 0 Å². The molecule has 0 radical (unpaired) electrons. The van der Waals surface area contributed by atoms with Crippen LogP contribution in [0.2, 0.25) is 0 Å². The second kappa shape index (κ2) is 6.50. The monoisotopic (exact) mass is 323 g/mol. The maximum atomic E-state index is 3.59. The Morgan fingerprint density at radius 2 is 1.89 bits per heavy atom. The van der Waals surface area contributed by atoms with E-state index in [2.05, 4.69) is 70.8 Å². The van der Waals surface area contributed by atoms with E-state index in [-0.39, 0.29) is 0 Å². The number of nitrogens with one attached hydrogen (secondary N) is 1. The van der Waals surface area contributed by atoms with Crippen molar-refractivity contribution in [2.75, 3.05) is 6.54 Å². The van der Waals surface area contributed by atoms with Crippen LogP contribution in [0.4, 0.5) is 0 Å². The minimum atomic E-state index is 0.468. The van der Waals surface area contributed by atoms with Gasteiger partial charge in [-0.3, -0.25) is 0 Å². The molecule has 3 heteroatoms. The molecule has 1 unspecified atom stereocenters. The van der Waals surface area contributed by atoms with Gasteiger partial charge in [-0.25, -0.2) is 0 Å². The molecule has 1 N–H and O–H groups in total. The summed E-state index contributed by atoms with van der Waals surface area (Å²) in [6.45, 7) is 5.38. The molecule has 96 valence electrons. The Kier molecular flexibility index (Phi) is 4.98. The van der Waals surface area contributed by atoms with E-state index in [4.69, 9.17) is 0 Å². The molecule has 0 saturated heterocycles. The zero-order chi connectivity index (χ0) is 13.0. The zero-order valence-electron chi connectivity index (χ0n) is 10.7. The van der Waals surface area contributed by atoms with Crippen LogP contribution in [0.25, 0.3) is 10.4 Å². The summed E-state index contributed by atoms with van der Waals surface area (Å²) in [7, 11) is 0. The number of rotatable bonds is 5. The SMILES string of the molecule is CCNC(CC)c1ccc(-c2sccc2Br)cc1. The lowest BCUT2D eigenvalue weighted by Gasteiger charge is -2.16. The van der Waals surface area contributed by atoms with Gasteiger partial charge in [0.1, 0.15) is 0 Å². The molecule has 0 bridgehead atoms. The summed E-state index contributed by atoms with van der Waals surface area (Å²) in [6.07, 6.45) is 1.12. The molecule has 0 fully saturated rings. The number of hydrogen-bond acceptors (Lipinski definition) is 2. The molecular formula is C15H18BrNS. The first-order chi connectivity index (χ1) is 8.76. The van der Waals surface area contributed by atoms with E-state index in [0.29, 0.717) is 6.04 Å². The van der Waals surface area contributed by atoms with Gasteiger partial charge >= 0.3 is 0 Å². The number of benzene rings is 1. The Morgan fingerprint density at radius 3 is 2.39 bits per heavy atom. The van der Waals surface area contributed by atoms with Crippen molar-refractivity contribution in [3.63, 3.8) is 0 Å². The summed E-state index contributed by atoms with van der Waals surface area (Å²) in [4.78, 5) is 1.30. The first-order valence-corrected chi connectivity index (χ1v) is 8.00. The van der Waals surface area contributed by atoms with Gasteiger partial charge in [0.05, 0.1) is 0 Å². The van der Waals surface area contributed by atoms with E-state index in [1.54, 1.807) is 11.3 Å². The number of hydrogen-bond donors (Lipinski definition) is 1. The molecule has 2 rings (SSSR count). The molecular weight excluding hydrogens is 306 g/mol. The van der Waals surface area contributed by atoms with Gasteiger partial charge in [0.2, 0.25) is 0 Å². The van der Waals surface area contributed by atoms with E-state index in [9.17, 15) is 0 Å². The molecule has 2 aromatic rings. The highest BCUT2D eigenvalue weighted by atomic mass is 79.9. The van der Waals surface area contributed by atoms with Crippen LogP contribution in [0.1, 0.15) is 31.9 Å². The second-order valence-electron chi connectivity index (χ2n) is 4.24. The lowest BCUT2D eigenvalue weighted by atomic mass is 10.0. The van der Waals surface area contributed by atoms with Crippen molar-refractivity contribution in [3.05, 3.63) is 45.7 Å². The highest BCUT2D eigenvalue weighted by Crippen LogP contribution is 2.34. The van der Waals surface area contributed by atoms with Crippen LogP contribution in [0.15, 0.2) is 40.2 Å². The third kappa shape index (κ3) is 3.02. The van der Waals surface area contributed by atoms with Crippen LogP contribution in [0.5, 0.6) is 0 Å². The zero-order valence-corrected chi connectivity index (χ0v) is 13.1. The summed E-state index contributed by atoms with van der Waals surface area (Å²) in [5.74, 6) is 0. The summed E-state index contributed by atoms with van der Waals surface area (Å²) in [6, 6.07) is 11.5. The smallest absolute Gasteiger partial charge is 0.0484 e. The van der Waals surface area contributed by atoms with Gasteiger partial charge in [0.25, 0.3) is 0 Å². The minimum absolute atomic E-state index is 0.468. The maximum Gasteiger partial charge on any atom is 0.0484 e. The molecule has 1 heterocycles. The molecule has 0 aliphatic rings. The molecule has 0 saturated carbocycles. The van der Waals surface area contributed by atoms with Crippen molar-refractivity contribution in [2.45, 2.75) is 26.3 Å². The molecule has 1 aromatic carbocycles. The molecule has 0 aliphatic carbocycles. The molecule has 0 aliphatic heterocycles. The second-order valence-corrected chi connectivity index (χ2v) is 6.01. The lowest BCUT2D eigenvalue weighted by Crippen LogP contribution is -2.19. The fraction of sp³-hybridized carbons (Fsp3) is 0.333. The predicted molar refractivity (Wildman–Crippen MR) is 84.2 cm³/mol. The maximum absolute atomic E-state index is 3.59. The third-order valence-corrected chi connectivity index (χ3v) is 4.94. The number of thiophene rings is 1. The summed E-state index contributed by atoms with van der Waals surface area (Å²) in [5.41, 5.74) is 2.66. The molecule has 1 atom stereocenters. The Morgan fingerprint density at radius 1 is 1.17 bits per heavy atom. The van der Waals surface area contributed by atoms with Crippen LogP contribution in [-0.2, 0) is 0 Å². The van der Waals surface area contributed by atoms with Crippen molar-refractivity contribution in [1.82, 2.24) is 5.32 Å². The first-order valence-electron chi connectivity index (χ1n) is 6.33. The quantitative estimate of drug-likeness (QED) is 0.793. The summed E-state index contributed by atoms with van der Waals surface area (Å²) in [5, 5.41) is 5.62. The fourth-order valence-electron chi connectivity index (χ4n) is 2.11. The topological polar surface area (TPSA) is 12.0 Å². The van der Waals surface area contributed by atoms with Gasteiger partial charge in [-0.15, -0.1) is 11.3 Å². The predicted octanol–water partition coefficient (Wildman–Crippen LogP) is 5.24. The van der Waals surface area contributed by atoms with E-state index >= 15 is 0 Å². The molecule has 1 nitrogen and oxygen atoms in total. The van der Waals surface area contributed by atoms with E-state index in [1.807, 2.05) is 0 Å². The van der Waals surface area contributed by atoms with E-state index < -0.39 is 0 Å². The normalized spacial score (nSPS) is 12.6. The Labute approximate surface area is 121 Å². The largest absolute Gasteiger partial charge is 0.310 e. The standard InChI is InChI=1S/C15H18BrNS/c1-3-14(17-4-2)11-5-7-12(8-6-11)15-13(16)9-10-18-15/h5-10,14,17H,3-4H2,1-2H3. The highest BCUT2D eigenvalue weighted by molar-refractivity contribution is 9.10. The van der Waals surface area contributed by atoms with Gasteiger partial charge in [-0.05, 0) is 51.5 Å². The van der Waals surface area contributed by atoms with E-state index in [1.165, 1.54) is 20.5 Å². The average Bonchev–Trinajstić information content (AvgIpc) is 2.82. The highest BCUT2D eigenvalue weighted by Gasteiger charge is 2.09. The van der Waals surface area contributed by atoms with Crippen LogP contribution < -0.4 is 5.32 Å². The van der Waals surface area contributed by atoms with Gasteiger partial charge < -0.3 is 5.32 Å². The lowest BCUT2D eigenvalue weighted by molar-refractivity contribution is 0.537. The Hall–Kier alpha value is -0.640. The van der Waals surface area contributed by atoms with Gasteiger partial charge in [0.15, 0.2) is 0 Å². The van der Waals surface area contributed by atoms with Crippen molar-refractivity contribution in [2.24, 2.45) is 0 Å². The Balaban J connectivity index is 2.22. The minimum Gasteiger partial charge on any atom is -0.310 e. The van der Waals surface area contributed by atoms with Crippen molar-refractivity contribution in [3.8, 4) is 10.4 Å². The van der Waals surface area contributed by atoms with E-state index in [0.717, 1.165) is 13.0 Å². The van der Waals surface area contributed by atoms with Gasteiger partial charge in [0, 0.05) is 15.4 Å². The number of halogens is 1. The van der Waals surface area contributed by atoms with Crippen LogP contribution >= 0.6 is 27.3 Å². The summed E-state index contributed by atoms with van der Waals surface area (Å²) >= 11 is 5.36. The average molecular weight is 324 g/mol. The van der Waals surface area contributed by atoms with Crippen molar-refractivity contribution in [1.29, 1.82) is 0 Å². The summed E-state index contributed by atoms with van der Waals surface area (Å²) < 4.78 is 1.18. The van der Waals surface area contributed by atoms with Crippen LogP contribution in [-0.4, -0.2) is 6.54 Å². The fourth-order valence-corrected chi connectivity index (χ4v) is 3.72. The van der Waals surface area contributed by atoms with Crippen molar-refractivity contribution < 1.29 is 0 Å². The Bertz CT molecular complexity index is 489. The molecule has 0 amide bonds.